The Balaban J connectivity index is 2.23. The fraction of sp³-hybridized carbons (Fsp3) is 0.267. The van der Waals surface area contributed by atoms with E-state index in [1.807, 2.05) is 38.1 Å². The van der Waals surface area contributed by atoms with Crippen LogP contribution in [0.15, 0.2) is 42.7 Å². The fourth-order valence-electron chi connectivity index (χ4n) is 1.98. The van der Waals surface area contributed by atoms with Gasteiger partial charge in [0.2, 0.25) is 0 Å². The van der Waals surface area contributed by atoms with Crippen molar-refractivity contribution in [1.29, 1.82) is 0 Å². The Morgan fingerprint density at radius 3 is 2.40 bits per heavy atom. The van der Waals surface area contributed by atoms with Crippen LogP contribution >= 0.6 is 0 Å². The van der Waals surface area contributed by atoms with Gasteiger partial charge in [-0.1, -0.05) is 12.1 Å². The van der Waals surface area contributed by atoms with Crippen molar-refractivity contribution in [2.45, 2.75) is 26.0 Å². The monoisotopic (exact) mass is 275 g/mol. The summed E-state index contributed by atoms with van der Waals surface area (Å²) in [7, 11) is 0. The van der Waals surface area contributed by atoms with Crippen molar-refractivity contribution >= 4 is 0 Å². The lowest BCUT2D eigenvalue weighted by Gasteiger charge is -2.17. The number of pyridine rings is 1. The molecule has 0 aliphatic heterocycles. The third-order valence-electron chi connectivity index (χ3n) is 2.81. The van der Waals surface area contributed by atoms with Crippen LogP contribution in [0.25, 0.3) is 0 Å². The van der Waals surface area contributed by atoms with Gasteiger partial charge in [0.25, 0.3) is 0 Å². The van der Waals surface area contributed by atoms with E-state index >= 15 is 0 Å². The van der Waals surface area contributed by atoms with E-state index < -0.39 is 0 Å². The molecule has 20 heavy (non-hydrogen) atoms. The number of hydrazine groups is 1. The van der Waals surface area contributed by atoms with Gasteiger partial charge in [0, 0.05) is 6.20 Å². The average Bonchev–Trinajstić information content (AvgIpc) is 2.41. The van der Waals surface area contributed by atoms with Crippen molar-refractivity contribution in [3.63, 3.8) is 0 Å². The third-order valence-corrected chi connectivity index (χ3v) is 2.81. The minimum absolute atomic E-state index is 0.122. The minimum atomic E-state index is -0.387. The quantitative estimate of drug-likeness (QED) is 0.650. The fourth-order valence-corrected chi connectivity index (χ4v) is 1.98. The Hall–Kier alpha value is -1.98. The molecule has 4 nitrogen and oxygen atoms in total. The van der Waals surface area contributed by atoms with Gasteiger partial charge in [-0.3, -0.25) is 10.8 Å². The molecule has 0 saturated heterocycles. The van der Waals surface area contributed by atoms with E-state index in [0.29, 0.717) is 5.56 Å². The lowest BCUT2D eigenvalue weighted by atomic mass is 10.0. The molecule has 0 saturated carbocycles. The highest BCUT2D eigenvalue weighted by atomic mass is 19.1. The predicted molar refractivity (Wildman–Crippen MR) is 75.6 cm³/mol. The summed E-state index contributed by atoms with van der Waals surface area (Å²) in [5.74, 6) is 5.98. The van der Waals surface area contributed by atoms with Crippen molar-refractivity contribution in [2.24, 2.45) is 5.84 Å². The average molecular weight is 275 g/mol. The first-order valence-corrected chi connectivity index (χ1v) is 6.43. The smallest absolute Gasteiger partial charge is 0.141 e. The van der Waals surface area contributed by atoms with Crippen LogP contribution in [0.4, 0.5) is 4.39 Å². The van der Waals surface area contributed by atoms with Crippen LogP contribution in [0.2, 0.25) is 0 Å². The molecule has 5 heteroatoms. The van der Waals surface area contributed by atoms with Crippen LogP contribution in [0.5, 0.6) is 5.75 Å². The zero-order valence-electron chi connectivity index (χ0n) is 11.5. The van der Waals surface area contributed by atoms with Crippen molar-refractivity contribution < 1.29 is 9.13 Å². The van der Waals surface area contributed by atoms with Crippen molar-refractivity contribution in [1.82, 2.24) is 10.4 Å². The Morgan fingerprint density at radius 1 is 1.15 bits per heavy atom. The number of aromatic nitrogens is 1. The standard InChI is InChI=1S/C15H18FN3O/c1-10(2)20-14-5-3-11(4-6-14)15(19-17)12-7-13(16)9-18-8-12/h3-10,15,19H,17H2,1-2H3. The van der Waals surface area contributed by atoms with Crippen LogP contribution in [0.3, 0.4) is 0 Å². The molecule has 1 unspecified atom stereocenters. The Labute approximate surface area is 117 Å². The first-order chi connectivity index (χ1) is 9.60. The molecule has 2 aromatic rings. The van der Waals surface area contributed by atoms with Gasteiger partial charge < -0.3 is 4.74 Å². The Kier molecular flexibility index (Phi) is 4.65. The summed E-state index contributed by atoms with van der Waals surface area (Å²) < 4.78 is 18.8. The zero-order valence-corrected chi connectivity index (χ0v) is 11.5. The van der Waals surface area contributed by atoms with Gasteiger partial charge in [-0.2, -0.15) is 0 Å². The molecule has 1 aromatic heterocycles. The molecule has 0 bridgehead atoms. The summed E-state index contributed by atoms with van der Waals surface area (Å²) in [5, 5.41) is 0. The number of ether oxygens (including phenoxy) is 1. The number of nitrogens with one attached hydrogen (secondary N) is 1. The topological polar surface area (TPSA) is 60.2 Å². The molecule has 0 spiro atoms. The Morgan fingerprint density at radius 2 is 1.85 bits per heavy atom. The van der Waals surface area contributed by atoms with Gasteiger partial charge in [0.05, 0.1) is 18.3 Å². The summed E-state index contributed by atoms with van der Waals surface area (Å²) in [5.41, 5.74) is 4.26. The summed E-state index contributed by atoms with van der Waals surface area (Å²) >= 11 is 0. The number of nitrogens with two attached hydrogens (primary N) is 1. The molecule has 2 rings (SSSR count). The third kappa shape index (κ3) is 3.53. The predicted octanol–water partition coefficient (Wildman–Crippen LogP) is 2.56. The van der Waals surface area contributed by atoms with E-state index in [2.05, 4.69) is 10.4 Å². The van der Waals surface area contributed by atoms with Crippen LogP contribution in [-0.4, -0.2) is 11.1 Å². The largest absolute Gasteiger partial charge is 0.491 e. The van der Waals surface area contributed by atoms with E-state index in [-0.39, 0.29) is 18.0 Å². The highest BCUT2D eigenvalue weighted by molar-refractivity contribution is 5.34. The molecule has 106 valence electrons. The summed E-state index contributed by atoms with van der Waals surface area (Å²) in [6.45, 7) is 3.94. The number of hydrogen-bond acceptors (Lipinski definition) is 4. The van der Waals surface area contributed by atoms with Crippen molar-refractivity contribution in [3.8, 4) is 5.75 Å². The molecule has 0 aliphatic rings. The maximum Gasteiger partial charge on any atom is 0.141 e. The second-order valence-electron chi connectivity index (χ2n) is 4.77. The molecule has 0 aliphatic carbocycles. The molecular weight excluding hydrogens is 257 g/mol. The van der Waals surface area contributed by atoms with Gasteiger partial charge in [-0.15, -0.1) is 0 Å². The number of rotatable bonds is 5. The SMILES string of the molecule is CC(C)Oc1ccc(C(NN)c2cncc(F)c2)cc1. The second kappa shape index (κ2) is 6.45. The molecule has 1 aromatic carbocycles. The van der Waals surface area contributed by atoms with Gasteiger partial charge in [-0.25, -0.2) is 9.82 Å². The van der Waals surface area contributed by atoms with Gasteiger partial charge >= 0.3 is 0 Å². The maximum atomic E-state index is 13.2. The second-order valence-corrected chi connectivity index (χ2v) is 4.77. The summed E-state index contributed by atoms with van der Waals surface area (Å²) in [4.78, 5) is 3.84. The van der Waals surface area contributed by atoms with Crippen LogP contribution in [-0.2, 0) is 0 Å². The molecule has 0 amide bonds. The number of benzene rings is 1. The normalized spacial score (nSPS) is 12.4. The lowest BCUT2D eigenvalue weighted by Crippen LogP contribution is -2.29. The molecule has 1 heterocycles. The van der Waals surface area contributed by atoms with Crippen LogP contribution in [0, 0.1) is 5.82 Å². The van der Waals surface area contributed by atoms with E-state index in [1.165, 1.54) is 6.07 Å². The van der Waals surface area contributed by atoms with Gasteiger partial charge in [-0.05, 0) is 43.2 Å². The molecule has 0 radical (unpaired) electrons. The highest BCUT2D eigenvalue weighted by Gasteiger charge is 2.13. The molecule has 3 N–H and O–H groups in total. The minimum Gasteiger partial charge on any atom is -0.491 e. The Bertz CT molecular complexity index is 557. The van der Waals surface area contributed by atoms with Gasteiger partial charge in [0.15, 0.2) is 0 Å². The number of nitrogens with zero attached hydrogens (tertiary/aromatic N) is 1. The maximum absolute atomic E-state index is 13.2. The molecule has 0 fully saturated rings. The summed E-state index contributed by atoms with van der Waals surface area (Å²) in [6, 6.07) is 8.63. The van der Waals surface area contributed by atoms with Crippen molar-refractivity contribution in [3.05, 3.63) is 59.7 Å². The zero-order chi connectivity index (χ0) is 14.5. The van der Waals surface area contributed by atoms with Crippen molar-refractivity contribution in [2.75, 3.05) is 0 Å². The van der Waals surface area contributed by atoms with E-state index in [1.54, 1.807) is 6.20 Å². The lowest BCUT2D eigenvalue weighted by molar-refractivity contribution is 0.242. The van der Waals surface area contributed by atoms with E-state index in [4.69, 9.17) is 10.6 Å². The molecule has 1 atom stereocenters. The first-order valence-electron chi connectivity index (χ1n) is 6.43. The highest BCUT2D eigenvalue weighted by Crippen LogP contribution is 2.23. The van der Waals surface area contributed by atoms with E-state index in [0.717, 1.165) is 17.5 Å². The van der Waals surface area contributed by atoms with Gasteiger partial charge in [0.1, 0.15) is 11.6 Å². The number of hydrogen-bond donors (Lipinski definition) is 2. The summed E-state index contributed by atoms with van der Waals surface area (Å²) in [6.07, 6.45) is 2.87. The molecular formula is C15H18FN3O. The number of halogens is 1. The van der Waals surface area contributed by atoms with Crippen LogP contribution < -0.4 is 16.0 Å². The van der Waals surface area contributed by atoms with E-state index in [9.17, 15) is 4.39 Å². The van der Waals surface area contributed by atoms with Crippen LogP contribution in [0.1, 0.15) is 31.0 Å². The first kappa shape index (κ1) is 14.4.